The van der Waals surface area contributed by atoms with Gasteiger partial charge in [0, 0.05) is 36.3 Å². The van der Waals surface area contributed by atoms with Gasteiger partial charge in [0.15, 0.2) is 5.65 Å². The summed E-state index contributed by atoms with van der Waals surface area (Å²) in [4.78, 5) is 49.4. The fraction of sp³-hybridized carbons (Fsp3) is 0.318. The lowest BCUT2D eigenvalue weighted by atomic mass is 10.1. The number of hydrogen-bond donors (Lipinski definition) is 1. The van der Waals surface area contributed by atoms with E-state index in [2.05, 4.69) is 15.1 Å². The predicted molar refractivity (Wildman–Crippen MR) is 114 cm³/mol. The minimum Gasteiger partial charge on any atom is -0.330 e. The number of amides is 1. The largest absolute Gasteiger partial charge is 0.330 e. The van der Waals surface area contributed by atoms with E-state index in [4.69, 9.17) is 0 Å². The van der Waals surface area contributed by atoms with E-state index < -0.39 is 0 Å². The Balaban J connectivity index is 1.55. The number of likely N-dealkylation sites (tertiary alicyclic amines) is 1. The predicted octanol–water partition coefficient (Wildman–Crippen LogP) is 1.88. The average Bonchev–Trinajstić information content (AvgIpc) is 3.41. The molecule has 4 aromatic rings. The highest BCUT2D eigenvalue weighted by atomic mass is 16.2. The normalized spacial score (nSPS) is 16.5. The molecule has 4 aromatic heterocycles. The molecule has 0 aliphatic carbocycles. The third kappa shape index (κ3) is 2.96. The van der Waals surface area contributed by atoms with Gasteiger partial charge < -0.3 is 4.90 Å². The van der Waals surface area contributed by atoms with E-state index in [1.54, 1.807) is 29.3 Å². The van der Waals surface area contributed by atoms with Crippen LogP contribution >= 0.6 is 0 Å². The van der Waals surface area contributed by atoms with Crippen LogP contribution in [0.25, 0.3) is 11.3 Å². The van der Waals surface area contributed by atoms with E-state index in [1.165, 1.54) is 15.1 Å². The molecule has 1 fully saturated rings. The smallest absolute Gasteiger partial charge is 0.276 e. The van der Waals surface area contributed by atoms with E-state index in [9.17, 15) is 14.4 Å². The molecule has 5 rings (SSSR count). The van der Waals surface area contributed by atoms with Gasteiger partial charge in [-0.3, -0.25) is 23.9 Å². The highest BCUT2D eigenvalue weighted by Crippen LogP contribution is 2.32. The summed E-state index contributed by atoms with van der Waals surface area (Å²) in [5.74, 6) is -0.359. The number of H-pyrrole nitrogens is 1. The summed E-state index contributed by atoms with van der Waals surface area (Å²) in [5.41, 5.74) is 2.66. The van der Waals surface area contributed by atoms with Crippen LogP contribution in [-0.2, 0) is 6.42 Å². The second-order valence-electron chi connectivity index (χ2n) is 7.80. The standard InChI is InChI=1S/C22H22N6O3/c1-3-14-13(2)24-19-11-16(25-28(19)22(14)31)17-7-6-10-26(17)20(29)15-12-23-18-8-4-5-9-27(18)21(15)30/h4-5,8-9,11-12,17,25H,3,6-7,10H2,1-2H3. The molecule has 0 radical (unpaired) electrons. The Bertz CT molecular complexity index is 1450. The number of rotatable bonds is 3. The minimum atomic E-state index is -0.390. The second-order valence-corrected chi connectivity index (χ2v) is 7.80. The third-order valence-corrected chi connectivity index (χ3v) is 6.00. The van der Waals surface area contributed by atoms with Crippen LogP contribution in [0.15, 0.2) is 46.2 Å². The van der Waals surface area contributed by atoms with Crippen molar-refractivity contribution in [3.8, 4) is 0 Å². The summed E-state index contributed by atoms with van der Waals surface area (Å²) in [5, 5.41) is 3.14. The van der Waals surface area contributed by atoms with Gasteiger partial charge in [-0.1, -0.05) is 13.0 Å². The zero-order valence-electron chi connectivity index (χ0n) is 17.3. The second kappa shape index (κ2) is 7.19. The lowest BCUT2D eigenvalue weighted by Crippen LogP contribution is -2.35. The molecule has 0 saturated carbocycles. The quantitative estimate of drug-likeness (QED) is 0.547. The van der Waals surface area contributed by atoms with E-state index in [0.29, 0.717) is 35.5 Å². The fourth-order valence-corrected chi connectivity index (χ4v) is 4.43. The fourth-order valence-electron chi connectivity index (χ4n) is 4.43. The van der Waals surface area contributed by atoms with Crippen LogP contribution in [0.3, 0.4) is 0 Å². The number of pyridine rings is 1. The van der Waals surface area contributed by atoms with Crippen molar-refractivity contribution in [1.82, 2.24) is 28.9 Å². The number of nitrogens with zero attached hydrogens (tertiary/aromatic N) is 5. The van der Waals surface area contributed by atoms with Gasteiger partial charge in [-0.15, -0.1) is 0 Å². The van der Waals surface area contributed by atoms with Crippen molar-refractivity contribution < 1.29 is 4.79 Å². The minimum absolute atomic E-state index is 0.0334. The molecule has 9 heteroatoms. The maximum atomic E-state index is 13.3. The van der Waals surface area contributed by atoms with Crippen LogP contribution < -0.4 is 11.1 Å². The summed E-state index contributed by atoms with van der Waals surface area (Å²) >= 11 is 0. The molecular formula is C22H22N6O3. The number of hydrogen-bond acceptors (Lipinski definition) is 5. The number of aromatic amines is 1. The lowest BCUT2D eigenvalue weighted by Gasteiger charge is -2.23. The van der Waals surface area contributed by atoms with Gasteiger partial charge in [0.05, 0.1) is 11.7 Å². The maximum Gasteiger partial charge on any atom is 0.276 e. The summed E-state index contributed by atoms with van der Waals surface area (Å²) in [6, 6.07) is 6.78. The lowest BCUT2D eigenvalue weighted by molar-refractivity contribution is 0.0730. The third-order valence-electron chi connectivity index (χ3n) is 6.00. The van der Waals surface area contributed by atoms with Crippen molar-refractivity contribution >= 4 is 17.2 Å². The van der Waals surface area contributed by atoms with Crippen LogP contribution in [0.1, 0.15) is 53.1 Å². The highest BCUT2D eigenvalue weighted by molar-refractivity contribution is 5.94. The van der Waals surface area contributed by atoms with Crippen molar-refractivity contribution in [2.24, 2.45) is 0 Å². The van der Waals surface area contributed by atoms with Gasteiger partial charge in [0.2, 0.25) is 0 Å². The first-order chi connectivity index (χ1) is 15.0. The molecule has 1 aliphatic heterocycles. The molecule has 9 nitrogen and oxygen atoms in total. The molecule has 158 valence electrons. The van der Waals surface area contributed by atoms with Crippen molar-refractivity contribution in [3.05, 3.63) is 79.9 Å². The van der Waals surface area contributed by atoms with Crippen LogP contribution in [0.4, 0.5) is 0 Å². The van der Waals surface area contributed by atoms with Crippen molar-refractivity contribution in [2.45, 2.75) is 39.2 Å². The molecule has 1 aliphatic rings. The number of nitrogens with one attached hydrogen (secondary N) is 1. The zero-order chi connectivity index (χ0) is 21.7. The van der Waals surface area contributed by atoms with Gasteiger partial charge in [-0.05, 0) is 38.3 Å². The van der Waals surface area contributed by atoms with Gasteiger partial charge in [-0.25, -0.2) is 14.5 Å². The first-order valence-corrected chi connectivity index (χ1v) is 10.4. The summed E-state index contributed by atoms with van der Waals surface area (Å²) in [6.45, 7) is 4.28. The van der Waals surface area contributed by atoms with E-state index in [-0.39, 0.29) is 28.6 Å². The molecule has 0 spiro atoms. The van der Waals surface area contributed by atoms with E-state index in [1.807, 2.05) is 19.9 Å². The van der Waals surface area contributed by atoms with Crippen molar-refractivity contribution in [3.63, 3.8) is 0 Å². The average molecular weight is 418 g/mol. The van der Waals surface area contributed by atoms with E-state index in [0.717, 1.165) is 18.5 Å². The molecule has 31 heavy (non-hydrogen) atoms. The molecule has 1 atom stereocenters. The number of fused-ring (bicyclic) bond motifs is 2. The van der Waals surface area contributed by atoms with Crippen LogP contribution in [0.2, 0.25) is 0 Å². The maximum absolute atomic E-state index is 13.3. The van der Waals surface area contributed by atoms with Crippen molar-refractivity contribution in [2.75, 3.05) is 6.54 Å². The van der Waals surface area contributed by atoms with Crippen LogP contribution in [0.5, 0.6) is 0 Å². The Morgan fingerprint density at radius 3 is 2.87 bits per heavy atom. The number of carbonyl (C=O) groups is 1. The molecule has 0 bridgehead atoms. The molecule has 1 amide bonds. The first kappa shape index (κ1) is 19.2. The molecule has 1 unspecified atom stereocenters. The molecule has 1 saturated heterocycles. The Morgan fingerprint density at radius 2 is 2.06 bits per heavy atom. The van der Waals surface area contributed by atoms with Crippen LogP contribution in [0, 0.1) is 6.92 Å². The zero-order valence-corrected chi connectivity index (χ0v) is 17.3. The van der Waals surface area contributed by atoms with Gasteiger partial charge in [-0.2, -0.15) is 0 Å². The molecule has 0 aromatic carbocycles. The van der Waals surface area contributed by atoms with E-state index >= 15 is 0 Å². The SMILES string of the molecule is CCc1c(C)nc2cc(C3CCCN3C(=O)c3cnc4ccccn4c3=O)[nH]n2c1=O. The van der Waals surface area contributed by atoms with Crippen LogP contribution in [-0.4, -0.2) is 41.3 Å². The monoisotopic (exact) mass is 418 g/mol. The Morgan fingerprint density at radius 1 is 1.23 bits per heavy atom. The molecule has 1 N–H and O–H groups in total. The number of carbonyl (C=O) groups excluding carboxylic acids is 1. The summed E-state index contributed by atoms with van der Waals surface area (Å²) in [6.07, 6.45) is 5.09. The topological polar surface area (TPSA) is 105 Å². The van der Waals surface area contributed by atoms with Gasteiger partial charge >= 0.3 is 0 Å². The Labute approximate surface area is 177 Å². The van der Waals surface area contributed by atoms with Gasteiger partial charge in [0.1, 0.15) is 11.2 Å². The Hall–Kier alpha value is -3.75. The summed E-state index contributed by atoms with van der Waals surface area (Å²) < 4.78 is 2.81. The molecule has 5 heterocycles. The molecular weight excluding hydrogens is 396 g/mol. The van der Waals surface area contributed by atoms with Crippen molar-refractivity contribution in [1.29, 1.82) is 0 Å². The van der Waals surface area contributed by atoms with Gasteiger partial charge in [0.25, 0.3) is 17.0 Å². The Kier molecular flexibility index (Phi) is 4.46. The number of aryl methyl sites for hydroxylation is 1. The first-order valence-electron chi connectivity index (χ1n) is 10.4. The number of aromatic nitrogens is 5. The summed E-state index contributed by atoms with van der Waals surface area (Å²) in [7, 11) is 0. The highest BCUT2D eigenvalue weighted by Gasteiger charge is 2.33.